The molecule has 2 aromatic heterocycles. The summed E-state index contributed by atoms with van der Waals surface area (Å²) in [6, 6.07) is 12.5. The Balaban J connectivity index is 1.61. The molecular weight excluding hydrogens is 316 g/mol. The molecule has 0 aliphatic heterocycles. The summed E-state index contributed by atoms with van der Waals surface area (Å²) in [6.45, 7) is 0.564. The Hall–Kier alpha value is -3.79. The molecule has 122 valence electrons. The van der Waals surface area contributed by atoms with Crippen LogP contribution < -0.4 is 10.6 Å². The summed E-state index contributed by atoms with van der Waals surface area (Å²) in [5.41, 5.74) is 2.21. The number of amides is 1. The van der Waals surface area contributed by atoms with E-state index in [1.54, 1.807) is 36.7 Å². The van der Waals surface area contributed by atoms with Crippen LogP contribution in [0.2, 0.25) is 0 Å². The maximum absolute atomic E-state index is 12.2. The lowest BCUT2D eigenvalue weighted by molar-refractivity contribution is 0.102. The zero-order chi connectivity index (χ0) is 17.5. The maximum atomic E-state index is 12.2. The zero-order valence-corrected chi connectivity index (χ0v) is 13.2. The van der Waals surface area contributed by atoms with Crippen molar-refractivity contribution in [1.82, 2.24) is 15.0 Å². The summed E-state index contributed by atoms with van der Waals surface area (Å²) >= 11 is 0. The Morgan fingerprint density at radius 3 is 2.76 bits per heavy atom. The summed E-state index contributed by atoms with van der Waals surface area (Å²) < 4.78 is 0. The van der Waals surface area contributed by atoms with Gasteiger partial charge in [0, 0.05) is 24.6 Å². The Morgan fingerprint density at radius 1 is 1.12 bits per heavy atom. The first kappa shape index (κ1) is 16.1. The van der Waals surface area contributed by atoms with Gasteiger partial charge in [-0.15, -0.1) is 0 Å². The molecule has 0 saturated heterocycles. The molecule has 0 aliphatic rings. The summed E-state index contributed by atoms with van der Waals surface area (Å²) in [5.74, 6) is 0.174. The molecule has 3 rings (SSSR count). The fraction of sp³-hybridized carbons (Fsp3) is 0.0556. The third-order valence-corrected chi connectivity index (χ3v) is 3.33. The molecule has 25 heavy (non-hydrogen) atoms. The molecule has 1 aromatic carbocycles. The van der Waals surface area contributed by atoms with E-state index < -0.39 is 0 Å². The second kappa shape index (κ2) is 7.66. The third-order valence-electron chi connectivity index (χ3n) is 3.33. The van der Waals surface area contributed by atoms with Crippen LogP contribution >= 0.6 is 0 Å². The van der Waals surface area contributed by atoms with Crippen LogP contribution in [0.5, 0.6) is 0 Å². The van der Waals surface area contributed by atoms with E-state index in [4.69, 9.17) is 5.26 Å². The van der Waals surface area contributed by atoms with Crippen LogP contribution in [-0.2, 0) is 6.54 Å². The Labute approximate surface area is 144 Å². The highest BCUT2D eigenvalue weighted by atomic mass is 16.1. The summed E-state index contributed by atoms with van der Waals surface area (Å²) in [6.07, 6.45) is 6.37. The van der Waals surface area contributed by atoms with E-state index in [0.717, 1.165) is 5.56 Å². The fourth-order valence-electron chi connectivity index (χ4n) is 2.09. The van der Waals surface area contributed by atoms with Gasteiger partial charge < -0.3 is 10.6 Å². The molecule has 0 spiro atoms. The van der Waals surface area contributed by atoms with Crippen molar-refractivity contribution in [3.05, 3.63) is 78.0 Å². The number of pyridine rings is 1. The molecule has 0 radical (unpaired) electrons. The van der Waals surface area contributed by atoms with Gasteiger partial charge in [0.15, 0.2) is 0 Å². The van der Waals surface area contributed by atoms with Crippen molar-refractivity contribution in [2.24, 2.45) is 0 Å². The summed E-state index contributed by atoms with van der Waals surface area (Å²) in [4.78, 5) is 24.5. The number of rotatable bonds is 5. The molecule has 0 aliphatic carbocycles. The van der Waals surface area contributed by atoms with E-state index in [1.165, 1.54) is 12.4 Å². The summed E-state index contributed by atoms with van der Waals surface area (Å²) in [5, 5.41) is 14.7. The van der Waals surface area contributed by atoms with Gasteiger partial charge >= 0.3 is 0 Å². The lowest BCUT2D eigenvalue weighted by atomic mass is 10.2. The Kier molecular flexibility index (Phi) is 4.93. The van der Waals surface area contributed by atoms with Crippen LogP contribution in [0.25, 0.3) is 0 Å². The zero-order valence-electron chi connectivity index (χ0n) is 13.2. The number of carbonyl (C=O) groups excluding carboxylic acids is 1. The standard InChI is InChI=1S/C18H14N6O/c19-8-13-3-1-5-15(7-13)24-18(25)16-11-23-17(12-21-16)22-10-14-4-2-6-20-9-14/h1-7,9,11-12H,10H2,(H,22,23)(H,24,25). The number of nitriles is 1. The molecule has 0 unspecified atom stereocenters. The summed E-state index contributed by atoms with van der Waals surface area (Å²) in [7, 11) is 0. The highest BCUT2D eigenvalue weighted by molar-refractivity contribution is 6.02. The first-order chi connectivity index (χ1) is 12.2. The maximum Gasteiger partial charge on any atom is 0.275 e. The van der Waals surface area contributed by atoms with Gasteiger partial charge in [0.2, 0.25) is 0 Å². The van der Waals surface area contributed by atoms with Gasteiger partial charge in [0.25, 0.3) is 5.91 Å². The monoisotopic (exact) mass is 330 g/mol. The van der Waals surface area contributed by atoms with Crippen molar-refractivity contribution in [2.75, 3.05) is 10.6 Å². The van der Waals surface area contributed by atoms with E-state index in [1.807, 2.05) is 18.2 Å². The third kappa shape index (κ3) is 4.36. The minimum absolute atomic E-state index is 0.189. The van der Waals surface area contributed by atoms with Gasteiger partial charge in [-0.1, -0.05) is 12.1 Å². The SMILES string of the molecule is N#Cc1cccc(NC(=O)c2cnc(NCc3cccnc3)cn2)c1. The van der Waals surface area contributed by atoms with Gasteiger partial charge in [-0.3, -0.25) is 9.78 Å². The quantitative estimate of drug-likeness (QED) is 0.745. The molecule has 0 saturated carbocycles. The first-order valence-electron chi connectivity index (χ1n) is 7.51. The average molecular weight is 330 g/mol. The van der Waals surface area contributed by atoms with Crippen molar-refractivity contribution in [3.63, 3.8) is 0 Å². The number of carbonyl (C=O) groups is 1. The van der Waals surface area contributed by atoms with Gasteiger partial charge in [0.05, 0.1) is 24.0 Å². The van der Waals surface area contributed by atoms with Crippen LogP contribution in [-0.4, -0.2) is 20.9 Å². The largest absolute Gasteiger partial charge is 0.365 e. The van der Waals surface area contributed by atoms with Crippen molar-refractivity contribution < 1.29 is 4.79 Å². The molecule has 2 N–H and O–H groups in total. The molecule has 0 fully saturated rings. The van der Waals surface area contributed by atoms with Crippen molar-refractivity contribution in [3.8, 4) is 6.07 Å². The number of nitrogens with one attached hydrogen (secondary N) is 2. The van der Waals surface area contributed by atoms with Crippen LogP contribution in [0.15, 0.2) is 61.2 Å². The number of hydrogen-bond donors (Lipinski definition) is 2. The molecule has 7 nitrogen and oxygen atoms in total. The van der Waals surface area contributed by atoms with E-state index in [0.29, 0.717) is 23.6 Å². The smallest absolute Gasteiger partial charge is 0.275 e. The lowest BCUT2D eigenvalue weighted by Crippen LogP contribution is -2.14. The second-order valence-corrected chi connectivity index (χ2v) is 5.15. The van der Waals surface area contributed by atoms with Crippen LogP contribution in [0.1, 0.15) is 21.6 Å². The fourth-order valence-corrected chi connectivity index (χ4v) is 2.09. The van der Waals surface area contributed by atoms with Crippen LogP contribution in [0.3, 0.4) is 0 Å². The van der Waals surface area contributed by atoms with Crippen molar-refractivity contribution in [2.45, 2.75) is 6.54 Å². The normalized spacial score (nSPS) is 9.88. The topological polar surface area (TPSA) is 104 Å². The number of aromatic nitrogens is 3. The highest BCUT2D eigenvalue weighted by Crippen LogP contribution is 2.11. The Bertz CT molecular complexity index is 903. The van der Waals surface area contributed by atoms with E-state index in [-0.39, 0.29) is 11.6 Å². The van der Waals surface area contributed by atoms with Gasteiger partial charge in [-0.2, -0.15) is 5.26 Å². The van der Waals surface area contributed by atoms with Gasteiger partial charge in [-0.25, -0.2) is 9.97 Å². The predicted molar refractivity (Wildman–Crippen MR) is 92.7 cm³/mol. The molecule has 2 heterocycles. The molecule has 3 aromatic rings. The lowest BCUT2D eigenvalue weighted by Gasteiger charge is -2.07. The highest BCUT2D eigenvalue weighted by Gasteiger charge is 2.09. The molecule has 0 atom stereocenters. The molecule has 0 bridgehead atoms. The van der Waals surface area contributed by atoms with Gasteiger partial charge in [0.1, 0.15) is 11.5 Å². The van der Waals surface area contributed by atoms with Gasteiger partial charge in [-0.05, 0) is 29.8 Å². The molecule has 7 heteroatoms. The molecule has 1 amide bonds. The minimum atomic E-state index is -0.388. The molecular formula is C18H14N6O. The van der Waals surface area contributed by atoms with Crippen molar-refractivity contribution >= 4 is 17.4 Å². The minimum Gasteiger partial charge on any atom is -0.365 e. The number of nitrogens with zero attached hydrogens (tertiary/aromatic N) is 4. The van der Waals surface area contributed by atoms with E-state index >= 15 is 0 Å². The number of hydrogen-bond acceptors (Lipinski definition) is 6. The number of anilines is 2. The van der Waals surface area contributed by atoms with Crippen molar-refractivity contribution in [1.29, 1.82) is 5.26 Å². The van der Waals surface area contributed by atoms with E-state index in [9.17, 15) is 4.79 Å². The predicted octanol–water partition coefficient (Wildman–Crippen LogP) is 2.61. The first-order valence-corrected chi connectivity index (χ1v) is 7.51. The van der Waals surface area contributed by atoms with E-state index in [2.05, 4.69) is 25.6 Å². The average Bonchev–Trinajstić information content (AvgIpc) is 2.67. The van der Waals surface area contributed by atoms with Crippen LogP contribution in [0, 0.1) is 11.3 Å². The Morgan fingerprint density at radius 2 is 2.04 bits per heavy atom. The number of benzene rings is 1. The van der Waals surface area contributed by atoms with Crippen LogP contribution in [0.4, 0.5) is 11.5 Å². The second-order valence-electron chi connectivity index (χ2n) is 5.15.